The number of rotatable bonds is 7. The number of alkyl halides is 2. The van der Waals surface area contributed by atoms with Gasteiger partial charge in [-0.2, -0.15) is 0 Å². The number of nitrogens with zero attached hydrogens (tertiary/aromatic N) is 3. The molecule has 0 spiro atoms. The summed E-state index contributed by atoms with van der Waals surface area (Å²) in [6.45, 7) is 3.26. The third kappa shape index (κ3) is 5.60. The molecule has 2 amide bonds. The van der Waals surface area contributed by atoms with Crippen LogP contribution >= 0.6 is 12.4 Å². The zero-order chi connectivity index (χ0) is 21.2. The van der Waals surface area contributed by atoms with Gasteiger partial charge in [0.25, 0.3) is 11.8 Å². The molecule has 0 radical (unpaired) electrons. The first-order valence-electron chi connectivity index (χ1n) is 9.61. The Labute approximate surface area is 179 Å². The van der Waals surface area contributed by atoms with E-state index in [0.717, 1.165) is 21.5 Å². The number of likely N-dealkylation sites (tertiary alicyclic amines) is 1. The van der Waals surface area contributed by atoms with Crippen molar-refractivity contribution >= 4 is 35.3 Å². The Hall–Kier alpha value is -2.39. The SMILES string of the molecule is Cc1cc2ncc(C(=O)NCCCC[C@H](N)C(=O)N3CC(F)(F)C3)nc2cc1C.Cl. The van der Waals surface area contributed by atoms with Crippen LogP contribution < -0.4 is 11.1 Å². The standard InChI is InChI=1S/C20H25F2N5O2.ClH/c1-12-7-15-16(8-13(12)2)26-17(9-25-15)18(28)24-6-4-3-5-14(23)19(29)27-10-20(21,22)11-27;/h7-9,14H,3-6,10-11,23H2,1-2H3,(H,24,28);1H/t14-;/m0./s1. The van der Waals surface area contributed by atoms with Gasteiger partial charge in [0.1, 0.15) is 5.69 Å². The molecular formula is C20H26ClF2N5O2. The number of carbonyl (C=O) groups is 2. The molecule has 3 rings (SSSR count). The van der Waals surface area contributed by atoms with Crippen molar-refractivity contribution in [2.24, 2.45) is 5.73 Å². The van der Waals surface area contributed by atoms with E-state index in [9.17, 15) is 18.4 Å². The number of nitrogens with two attached hydrogens (primary N) is 1. The molecule has 0 unspecified atom stereocenters. The smallest absolute Gasteiger partial charge is 0.282 e. The number of halogens is 3. The summed E-state index contributed by atoms with van der Waals surface area (Å²) < 4.78 is 25.6. The minimum absolute atomic E-state index is 0. The topological polar surface area (TPSA) is 101 Å². The number of benzene rings is 1. The van der Waals surface area contributed by atoms with Crippen LogP contribution in [0.25, 0.3) is 11.0 Å². The van der Waals surface area contributed by atoms with Crippen molar-refractivity contribution in [1.29, 1.82) is 0 Å². The van der Waals surface area contributed by atoms with E-state index >= 15 is 0 Å². The third-order valence-electron chi connectivity index (χ3n) is 5.09. The van der Waals surface area contributed by atoms with Crippen molar-refractivity contribution < 1.29 is 18.4 Å². The Morgan fingerprint density at radius 2 is 1.83 bits per heavy atom. The summed E-state index contributed by atoms with van der Waals surface area (Å²) in [6, 6.07) is 3.05. The lowest BCUT2D eigenvalue weighted by molar-refractivity contribution is -0.167. The highest BCUT2D eigenvalue weighted by atomic mass is 35.5. The second kappa shape index (κ2) is 9.61. The van der Waals surface area contributed by atoms with E-state index in [-0.39, 0.29) is 24.0 Å². The summed E-state index contributed by atoms with van der Waals surface area (Å²) in [4.78, 5) is 33.9. The maximum atomic E-state index is 12.8. The molecule has 2 heterocycles. The number of fused-ring (bicyclic) bond motifs is 1. The molecule has 1 aromatic heterocycles. The Morgan fingerprint density at radius 1 is 1.20 bits per heavy atom. The summed E-state index contributed by atoms with van der Waals surface area (Å²) in [7, 11) is 0. The Kier molecular flexibility index (Phi) is 7.65. The van der Waals surface area contributed by atoms with Gasteiger partial charge in [-0.25, -0.2) is 13.8 Å². The molecule has 3 N–H and O–H groups in total. The summed E-state index contributed by atoms with van der Waals surface area (Å²) in [5.74, 6) is -3.55. The second-order valence-corrected chi connectivity index (χ2v) is 7.59. The molecule has 30 heavy (non-hydrogen) atoms. The van der Waals surface area contributed by atoms with Gasteiger partial charge in [-0.3, -0.25) is 14.6 Å². The first kappa shape index (κ1) is 23.9. The Balaban J connectivity index is 0.00000320. The van der Waals surface area contributed by atoms with E-state index < -0.39 is 31.0 Å². The molecule has 1 aliphatic heterocycles. The lowest BCUT2D eigenvalue weighted by atomic mass is 10.1. The number of aryl methyl sites for hydroxylation is 2. The van der Waals surface area contributed by atoms with Crippen LogP contribution in [0.4, 0.5) is 8.78 Å². The zero-order valence-corrected chi connectivity index (χ0v) is 17.8. The maximum Gasteiger partial charge on any atom is 0.282 e. The number of hydrogen-bond acceptors (Lipinski definition) is 5. The predicted octanol–water partition coefficient (Wildman–Crippen LogP) is 2.37. The lowest BCUT2D eigenvalue weighted by Crippen LogP contribution is -2.61. The monoisotopic (exact) mass is 441 g/mol. The van der Waals surface area contributed by atoms with Crippen LogP contribution in [0.1, 0.15) is 40.9 Å². The van der Waals surface area contributed by atoms with Crippen molar-refractivity contribution in [3.63, 3.8) is 0 Å². The van der Waals surface area contributed by atoms with Gasteiger partial charge in [-0.05, 0) is 56.4 Å². The van der Waals surface area contributed by atoms with E-state index in [0.29, 0.717) is 31.3 Å². The highest BCUT2D eigenvalue weighted by Gasteiger charge is 2.47. The molecule has 10 heteroatoms. The molecule has 0 aliphatic carbocycles. The fourth-order valence-corrected chi connectivity index (χ4v) is 3.19. The van der Waals surface area contributed by atoms with Crippen molar-refractivity contribution in [2.75, 3.05) is 19.6 Å². The largest absolute Gasteiger partial charge is 0.351 e. The van der Waals surface area contributed by atoms with Gasteiger partial charge in [0.15, 0.2) is 0 Å². The van der Waals surface area contributed by atoms with Crippen molar-refractivity contribution in [3.8, 4) is 0 Å². The van der Waals surface area contributed by atoms with Crippen LogP contribution in [0, 0.1) is 13.8 Å². The summed E-state index contributed by atoms with van der Waals surface area (Å²) in [5, 5.41) is 2.77. The Bertz CT molecular complexity index is 933. The number of hydrogen-bond donors (Lipinski definition) is 2. The molecule has 2 aromatic rings. The molecule has 0 bridgehead atoms. The fourth-order valence-electron chi connectivity index (χ4n) is 3.19. The summed E-state index contributed by atoms with van der Waals surface area (Å²) in [5.41, 5.74) is 9.63. The first-order chi connectivity index (χ1) is 13.7. The normalized spacial score (nSPS) is 15.8. The van der Waals surface area contributed by atoms with Crippen LogP contribution in [0.5, 0.6) is 0 Å². The minimum atomic E-state index is -2.79. The molecular weight excluding hydrogens is 416 g/mol. The molecule has 0 saturated carbocycles. The average molecular weight is 442 g/mol. The number of carbonyl (C=O) groups excluding carboxylic acids is 2. The van der Waals surface area contributed by atoms with E-state index in [1.807, 2.05) is 26.0 Å². The molecule has 7 nitrogen and oxygen atoms in total. The van der Waals surface area contributed by atoms with Crippen LogP contribution in [-0.4, -0.2) is 58.3 Å². The summed E-state index contributed by atoms with van der Waals surface area (Å²) in [6.07, 6.45) is 3.04. The number of unbranched alkanes of at least 4 members (excludes halogenated alkanes) is 1. The predicted molar refractivity (Wildman–Crippen MR) is 112 cm³/mol. The van der Waals surface area contributed by atoms with Crippen LogP contribution in [0.3, 0.4) is 0 Å². The average Bonchev–Trinajstić information content (AvgIpc) is 2.65. The lowest BCUT2D eigenvalue weighted by Gasteiger charge is -2.39. The van der Waals surface area contributed by atoms with E-state index in [1.54, 1.807) is 0 Å². The zero-order valence-electron chi connectivity index (χ0n) is 17.0. The molecule has 1 aromatic carbocycles. The molecule has 1 atom stereocenters. The highest BCUT2D eigenvalue weighted by molar-refractivity contribution is 5.93. The van der Waals surface area contributed by atoms with Crippen molar-refractivity contribution in [1.82, 2.24) is 20.2 Å². The molecule has 1 fully saturated rings. The minimum Gasteiger partial charge on any atom is -0.351 e. The van der Waals surface area contributed by atoms with Crippen molar-refractivity contribution in [2.45, 2.75) is 45.1 Å². The number of amides is 2. The van der Waals surface area contributed by atoms with Gasteiger partial charge in [0, 0.05) is 6.54 Å². The van der Waals surface area contributed by atoms with Crippen LogP contribution in [-0.2, 0) is 4.79 Å². The second-order valence-electron chi connectivity index (χ2n) is 7.59. The highest BCUT2D eigenvalue weighted by Crippen LogP contribution is 2.27. The fraction of sp³-hybridized carbons (Fsp3) is 0.500. The van der Waals surface area contributed by atoms with Gasteiger partial charge in [0.05, 0.1) is 36.4 Å². The molecule has 164 valence electrons. The van der Waals surface area contributed by atoms with Gasteiger partial charge in [0.2, 0.25) is 5.91 Å². The number of aromatic nitrogens is 2. The van der Waals surface area contributed by atoms with Gasteiger partial charge < -0.3 is 16.0 Å². The quantitative estimate of drug-likeness (QED) is 0.642. The van der Waals surface area contributed by atoms with E-state index in [2.05, 4.69) is 15.3 Å². The van der Waals surface area contributed by atoms with Crippen molar-refractivity contribution in [3.05, 3.63) is 35.2 Å². The first-order valence-corrected chi connectivity index (χ1v) is 9.61. The van der Waals surface area contributed by atoms with Crippen LogP contribution in [0.15, 0.2) is 18.3 Å². The van der Waals surface area contributed by atoms with E-state index in [1.165, 1.54) is 6.20 Å². The Morgan fingerprint density at radius 3 is 2.47 bits per heavy atom. The molecule has 1 aliphatic rings. The van der Waals surface area contributed by atoms with Gasteiger partial charge >= 0.3 is 0 Å². The molecule has 1 saturated heterocycles. The number of nitrogens with one attached hydrogen (secondary N) is 1. The van der Waals surface area contributed by atoms with Gasteiger partial charge in [-0.1, -0.05) is 0 Å². The third-order valence-corrected chi connectivity index (χ3v) is 5.09. The maximum absolute atomic E-state index is 12.8. The van der Waals surface area contributed by atoms with E-state index in [4.69, 9.17) is 5.73 Å². The van der Waals surface area contributed by atoms with Crippen LogP contribution in [0.2, 0.25) is 0 Å². The summed E-state index contributed by atoms with van der Waals surface area (Å²) >= 11 is 0. The van der Waals surface area contributed by atoms with Gasteiger partial charge in [-0.15, -0.1) is 12.4 Å².